The number of nitrogens with zero attached hydrogens (tertiary/aromatic N) is 2. The molecule has 0 spiro atoms. The Morgan fingerprint density at radius 3 is 2.25 bits per heavy atom. The number of anilines is 1. The van der Waals surface area contributed by atoms with Gasteiger partial charge in [0.25, 0.3) is 10.0 Å². The minimum atomic E-state index is -4.30. The summed E-state index contributed by atoms with van der Waals surface area (Å²) in [5.74, 6) is -1.79. The van der Waals surface area contributed by atoms with Gasteiger partial charge in [0.1, 0.15) is 18.4 Å². The first-order chi connectivity index (χ1) is 17.2. The minimum Gasteiger partial charge on any atom is -0.357 e. The van der Waals surface area contributed by atoms with E-state index in [9.17, 15) is 22.4 Å². The summed E-state index contributed by atoms with van der Waals surface area (Å²) in [6.07, 6.45) is 0.308. The van der Waals surface area contributed by atoms with Gasteiger partial charge in [-0.05, 0) is 43.2 Å². The van der Waals surface area contributed by atoms with Gasteiger partial charge in [-0.3, -0.25) is 13.9 Å². The quantitative estimate of drug-likeness (QED) is 0.448. The molecule has 7 nitrogen and oxygen atoms in total. The Hall–Kier alpha value is -3.72. The molecule has 0 saturated heterocycles. The van der Waals surface area contributed by atoms with Crippen LogP contribution in [0.4, 0.5) is 10.1 Å². The second-order valence-corrected chi connectivity index (χ2v) is 10.2. The Kier molecular flexibility index (Phi) is 8.82. The van der Waals surface area contributed by atoms with E-state index in [4.69, 9.17) is 0 Å². The molecule has 0 fully saturated rings. The number of nitrogens with one attached hydrogen (secondary N) is 1. The van der Waals surface area contributed by atoms with Crippen molar-refractivity contribution < 1.29 is 22.4 Å². The number of halogens is 1. The van der Waals surface area contributed by atoms with Gasteiger partial charge in [0.15, 0.2) is 0 Å². The molecule has 0 heterocycles. The molecule has 0 bridgehead atoms. The summed E-state index contributed by atoms with van der Waals surface area (Å²) in [4.78, 5) is 27.7. The number of para-hydroxylation sites is 1. The van der Waals surface area contributed by atoms with Crippen molar-refractivity contribution in [2.75, 3.05) is 17.9 Å². The molecule has 0 aromatic heterocycles. The molecule has 0 radical (unpaired) electrons. The Bertz CT molecular complexity index is 1320. The van der Waals surface area contributed by atoms with Crippen LogP contribution >= 0.6 is 0 Å². The number of hydrogen-bond acceptors (Lipinski definition) is 4. The van der Waals surface area contributed by atoms with Gasteiger partial charge in [-0.25, -0.2) is 12.8 Å². The third-order valence-electron chi connectivity index (χ3n) is 5.80. The van der Waals surface area contributed by atoms with Gasteiger partial charge in [-0.1, -0.05) is 67.1 Å². The summed E-state index contributed by atoms with van der Waals surface area (Å²) >= 11 is 0. The van der Waals surface area contributed by atoms with E-state index in [0.717, 1.165) is 21.5 Å². The second kappa shape index (κ2) is 11.8. The lowest BCUT2D eigenvalue weighted by Crippen LogP contribution is -2.51. The highest BCUT2D eigenvalue weighted by atomic mass is 32.2. The molecule has 1 atom stereocenters. The highest BCUT2D eigenvalue weighted by molar-refractivity contribution is 7.92. The Balaban J connectivity index is 2.06. The van der Waals surface area contributed by atoms with Gasteiger partial charge in [-0.15, -0.1) is 0 Å². The maximum Gasteiger partial charge on any atom is 0.264 e. The standard InChI is InChI=1S/C27H30FN3O4S/c1-4-24(27(33)29-3)30(18-21-12-10-11-20(2)17-21)26(32)19-31(25-16-9-8-15-23(25)28)36(34,35)22-13-6-5-7-14-22/h5-17,24H,4,18-19H2,1-3H3,(H,29,33)/t24-/m1/s1. The normalized spacial score (nSPS) is 12.0. The third-order valence-corrected chi connectivity index (χ3v) is 7.57. The molecule has 3 aromatic carbocycles. The summed E-state index contributed by atoms with van der Waals surface area (Å²) < 4.78 is 42.8. The summed E-state index contributed by atoms with van der Waals surface area (Å²) in [5, 5.41) is 2.57. The first-order valence-electron chi connectivity index (χ1n) is 11.6. The van der Waals surface area contributed by atoms with Crippen LogP contribution in [0.3, 0.4) is 0 Å². The van der Waals surface area contributed by atoms with Gasteiger partial charge in [0.2, 0.25) is 11.8 Å². The van der Waals surface area contributed by atoms with Crippen molar-refractivity contribution in [2.45, 2.75) is 37.8 Å². The van der Waals surface area contributed by atoms with Crippen LogP contribution in [-0.2, 0) is 26.2 Å². The van der Waals surface area contributed by atoms with E-state index in [-0.39, 0.29) is 23.0 Å². The zero-order valence-corrected chi connectivity index (χ0v) is 21.3. The van der Waals surface area contributed by atoms with E-state index in [1.165, 1.54) is 42.3 Å². The molecule has 1 N–H and O–H groups in total. The maximum atomic E-state index is 14.8. The van der Waals surface area contributed by atoms with Crippen molar-refractivity contribution in [1.82, 2.24) is 10.2 Å². The fraction of sp³-hybridized carbons (Fsp3) is 0.259. The fourth-order valence-corrected chi connectivity index (χ4v) is 5.42. The van der Waals surface area contributed by atoms with Crippen molar-refractivity contribution in [3.8, 4) is 0 Å². The van der Waals surface area contributed by atoms with Crippen LogP contribution in [-0.4, -0.2) is 44.8 Å². The summed E-state index contributed by atoms with van der Waals surface area (Å²) in [5.41, 5.74) is 1.51. The number of aryl methyl sites for hydroxylation is 1. The number of carbonyl (C=O) groups excluding carboxylic acids is 2. The SMILES string of the molecule is CC[C@H](C(=O)NC)N(Cc1cccc(C)c1)C(=O)CN(c1ccccc1F)S(=O)(=O)c1ccccc1. The Morgan fingerprint density at radius 2 is 1.64 bits per heavy atom. The van der Waals surface area contributed by atoms with Gasteiger partial charge >= 0.3 is 0 Å². The number of carbonyl (C=O) groups is 2. The number of rotatable bonds is 10. The van der Waals surface area contributed by atoms with Crippen molar-refractivity contribution in [2.24, 2.45) is 0 Å². The van der Waals surface area contributed by atoms with Crippen LogP contribution in [0.5, 0.6) is 0 Å². The van der Waals surface area contributed by atoms with E-state index >= 15 is 0 Å². The molecule has 190 valence electrons. The van der Waals surface area contributed by atoms with Crippen LogP contribution in [0.25, 0.3) is 0 Å². The van der Waals surface area contributed by atoms with Gasteiger partial charge in [0, 0.05) is 13.6 Å². The van der Waals surface area contributed by atoms with E-state index in [2.05, 4.69) is 5.32 Å². The average molecular weight is 512 g/mol. The Labute approximate surface area is 211 Å². The van der Waals surface area contributed by atoms with Crippen molar-refractivity contribution in [3.05, 3.63) is 95.8 Å². The van der Waals surface area contributed by atoms with Crippen LogP contribution in [0.15, 0.2) is 83.8 Å². The molecule has 0 aliphatic heterocycles. The number of benzene rings is 3. The number of sulfonamides is 1. The lowest BCUT2D eigenvalue weighted by Gasteiger charge is -2.33. The molecule has 0 saturated carbocycles. The molecule has 0 aliphatic carbocycles. The highest BCUT2D eigenvalue weighted by Crippen LogP contribution is 2.27. The van der Waals surface area contributed by atoms with Crippen LogP contribution in [0, 0.1) is 12.7 Å². The highest BCUT2D eigenvalue weighted by Gasteiger charge is 2.34. The lowest BCUT2D eigenvalue weighted by atomic mass is 10.1. The molecule has 9 heteroatoms. The lowest BCUT2D eigenvalue weighted by molar-refractivity contribution is -0.140. The topological polar surface area (TPSA) is 86.8 Å². The van der Waals surface area contributed by atoms with Gasteiger partial charge < -0.3 is 10.2 Å². The van der Waals surface area contributed by atoms with E-state index in [1.54, 1.807) is 25.1 Å². The van der Waals surface area contributed by atoms with Crippen molar-refractivity contribution in [3.63, 3.8) is 0 Å². The van der Waals surface area contributed by atoms with Crippen molar-refractivity contribution >= 4 is 27.5 Å². The minimum absolute atomic E-state index is 0.0790. The second-order valence-electron chi connectivity index (χ2n) is 8.33. The summed E-state index contributed by atoms with van der Waals surface area (Å²) in [7, 11) is -2.82. The maximum absolute atomic E-state index is 14.8. The largest absolute Gasteiger partial charge is 0.357 e. The summed E-state index contributed by atoms with van der Waals surface area (Å²) in [6.45, 7) is 3.09. The molecular weight excluding hydrogens is 481 g/mol. The monoisotopic (exact) mass is 511 g/mol. The van der Waals surface area contributed by atoms with Crippen LogP contribution in [0.1, 0.15) is 24.5 Å². The molecule has 0 unspecified atom stereocenters. The number of amides is 2. The molecule has 36 heavy (non-hydrogen) atoms. The van der Waals surface area contributed by atoms with Gasteiger partial charge in [0.05, 0.1) is 10.6 Å². The molecule has 0 aliphatic rings. The van der Waals surface area contributed by atoms with Gasteiger partial charge in [-0.2, -0.15) is 0 Å². The smallest absolute Gasteiger partial charge is 0.264 e. The first kappa shape index (κ1) is 26.9. The summed E-state index contributed by atoms with van der Waals surface area (Å²) in [6, 6.07) is 19.6. The number of hydrogen-bond donors (Lipinski definition) is 1. The van der Waals surface area contributed by atoms with E-state index < -0.39 is 34.3 Å². The van der Waals surface area contributed by atoms with Crippen LogP contribution in [0.2, 0.25) is 0 Å². The zero-order valence-electron chi connectivity index (χ0n) is 20.5. The fourth-order valence-electron chi connectivity index (χ4n) is 3.98. The zero-order chi connectivity index (χ0) is 26.3. The molecule has 3 rings (SSSR count). The molecule has 2 amide bonds. The average Bonchev–Trinajstić information content (AvgIpc) is 2.87. The predicted octanol–water partition coefficient (Wildman–Crippen LogP) is 3.88. The third kappa shape index (κ3) is 6.09. The van der Waals surface area contributed by atoms with Crippen molar-refractivity contribution in [1.29, 1.82) is 0 Å². The molecular formula is C27H30FN3O4S. The Morgan fingerprint density at radius 1 is 0.972 bits per heavy atom. The van der Waals surface area contributed by atoms with E-state index in [1.807, 2.05) is 31.2 Å². The first-order valence-corrected chi connectivity index (χ1v) is 13.0. The number of likely N-dealkylation sites (N-methyl/N-ethyl adjacent to an activating group) is 1. The molecule has 3 aromatic rings. The van der Waals surface area contributed by atoms with Crippen LogP contribution < -0.4 is 9.62 Å². The van der Waals surface area contributed by atoms with E-state index in [0.29, 0.717) is 6.42 Å². The predicted molar refractivity (Wildman–Crippen MR) is 137 cm³/mol.